The van der Waals surface area contributed by atoms with Crippen molar-refractivity contribution in [2.24, 2.45) is 0 Å². The Morgan fingerprint density at radius 1 is 1.10 bits per heavy atom. The van der Waals surface area contributed by atoms with Crippen LogP contribution in [0.1, 0.15) is 10.4 Å². The minimum atomic E-state index is -0.329. The Morgan fingerprint density at radius 3 is 2.67 bits per heavy atom. The zero-order valence-electron chi connectivity index (χ0n) is 10.9. The highest BCUT2D eigenvalue weighted by molar-refractivity contribution is 6.03. The number of nitrogen functional groups attached to an aromatic ring is 1. The number of carbonyl (C=O) groups excluding carboxylic acids is 1. The van der Waals surface area contributed by atoms with Crippen LogP contribution in [0.3, 0.4) is 0 Å². The molecule has 3 N–H and O–H groups in total. The number of nitrogens with two attached hydrogens (primary N) is 1. The van der Waals surface area contributed by atoms with Gasteiger partial charge in [0.25, 0.3) is 11.8 Å². The quantitative estimate of drug-likeness (QED) is 0.760. The maximum absolute atomic E-state index is 12.0. The number of hydrogen-bond donors (Lipinski definition) is 2. The van der Waals surface area contributed by atoms with Gasteiger partial charge in [-0.2, -0.15) is 0 Å². The van der Waals surface area contributed by atoms with Crippen LogP contribution in [-0.4, -0.2) is 21.1 Å². The van der Waals surface area contributed by atoms with Gasteiger partial charge < -0.3 is 10.2 Å². The molecule has 0 bridgehead atoms. The van der Waals surface area contributed by atoms with E-state index in [1.54, 1.807) is 42.6 Å². The third-order valence-electron chi connectivity index (χ3n) is 2.75. The van der Waals surface area contributed by atoms with E-state index in [1.807, 2.05) is 6.07 Å². The second kappa shape index (κ2) is 5.41. The number of rotatable bonds is 3. The summed E-state index contributed by atoms with van der Waals surface area (Å²) in [7, 11) is 0. The Morgan fingerprint density at radius 2 is 1.90 bits per heavy atom. The Balaban J connectivity index is 1.80. The first-order chi connectivity index (χ1) is 10.2. The zero-order chi connectivity index (χ0) is 14.7. The standard InChI is InChI=1S/C14H11N5O2/c15-11-10(7-4-8-16-11)13-18-19-14(21-13)17-12(20)9-5-2-1-3-6-9/h1-8H,(H2,15,16)(H,17,19,20). The molecule has 7 heteroatoms. The highest BCUT2D eigenvalue weighted by Gasteiger charge is 2.14. The van der Waals surface area contributed by atoms with Crippen LogP contribution in [0.5, 0.6) is 0 Å². The number of amides is 1. The number of carbonyl (C=O) groups is 1. The summed E-state index contributed by atoms with van der Waals surface area (Å²) in [6, 6.07) is 12.2. The smallest absolute Gasteiger partial charge is 0.322 e. The molecule has 1 aromatic carbocycles. The topological polar surface area (TPSA) is 107 Å². The third-order valence-corrected chi connectivity index (χ3v) is 2.75. The summed E-state index contributed by atoms with van der Waals surface area (Å²) < 4.78 is 5.37. The molecule has 0 spiro atoms. The number of benzene rings is 1. The second-order valence-electron chi connectivity index (χ2n) is 4.17. The van der Waals surface area contributed by atoms with Crippen molar-refractivity contribution in [1.29, 1.82) is 0 Å². The molecular weight excluding hydrogens is 270 g/mol. The zero-order valence-corrected chi connectivity index (χ0v) is 10.9. The van der Waals surface area contributed by atoms with Crippen LogP contribution in [0.2, 0.25) is 0 Å². The molecule has 1 amide bonds. The Kier molecular flexibility index (Phi) is 3.30. The SMILES string of the molecule is Nc1ncccc1-c1nnc(NC(=O)c2ccccc2)o1. The van der Waals surface area contributed by atoms with Crippen molar-refractivity contribution in [1.82, 2.24) is 15.2 Å². The van der Waals surface area contributed by atoms with E-state index in [4.69, 9.17) is 10.2 Å². The maximum Gasteiger partial charge on any atom is 0.322 e. The van der Waals surface area contributed by atoms with Gasteiger partial charge in [-0.3, -0.25) is 10.1 Å². The summed E-state index contributed by atoms with van der Waals surface area (Å²) in [5, 5.41) is 10.1. The third kappa shape index (κ3) is 2.71. The molecule has 0 fully saturated rings. The van der Waals surface area contributed by atoms with Crippen LogP contribution in [0.15, 0.2) is 53.1 Å². The summed E-state index contributed by atoms with van der Waals surface area (Å²) in [5.41, 5.74) is 6.74. The van der Waals surface area contributed by atoms with Crippen LogP contribution in [0.25, 0.3) is 11.5 Å². The lowest BCUT2D eigenvalue weighted by molar-refractivity contribution is 0.102. The van der Waals surface area contributed by atoms with Crippen LogP contribution >= 0.6 is 0 Å². The molecule has 0 aliphatic rings. The van der Waals surface area contributed by atoms with Crippen LogP contribution < -0.4 is 11.1 Å². The summed E-state index contributed by atoms with van der Waals surface area (Å²) in [4.78, 5) is 15.9. The Hall–Kier alpha value is -3.22. The Bertz CT molecular complexity index is 770. The molecule has 0 radical (unpaired) electrons. The van der Waals surface area contributed by atoms with E-state index in [2.05, 4.69) is 20.5 Å². The lowest BCUT2D eigenvalue weighted by Crippen LogP contribution is -2.11. The van der Waals surface area contributed by atoms with Crippen LogP contribution in [0.4, 0.5) is 11.8 Å². The van der Waals surface area contributed by atoms with E-state index in [-0.39, 0.29) is 23.6 Å². The first-order valence-electron chi connectivity index (χ1n) is 6.15. The van der Waals surface area contributed by atoms with Gasteiger partial charge in [0.1, 0.15) is 5.82 Å². The van der Waals surface area contributed by atoms with Gasteiger partial charge in [-0.15, -0.1) is 5.10 Å². The molecule has 0 atom stereocenters. The van der Waals surface area contributed by atoms with Crippen molar-refractivity contribution in [3.8, 4) is 11.5 Å². The van der Waals surface area contributed by atoms with E-state index in [0.717, 1.165) is 0 Å². The number of nitrogens with zero attached hydrogens (tertiary/aromatic N) is 3. The lowest BCUT2D eigenvalue weighted by Gasteiger charge is -2.00. The fourth-order valence-electron chi connectivity index (χ4n) is 1.74. The van der Waals surface area contributed by atoms with Crippen molar-refractivity contribution < 1.29 is 9.21 Å². The number of aromatic nitrogens is 3. The largest absolute Gasteiger partial charge is 0.403 e. The van der Waals surface area contributed by atoms with E-state index in [1.165, 1.54) is 0 Å². The van der Waals surface area contributed by atoms with Crippen molar-refractivity contribution in [2.75, 3.05) is 11.1 Å². The number of pyridine rings is 1. The van der Waals surface area contributed by atoms with Gasteiger partial charge in [0.05, 0.1) is 5.56 Å². The van der Waals surface area contributed by atoms with Gasteiger partial charge in [0.15, 0.2) is 0 Å². The minimum Gasteiger partial charge on any atom is -0.403 e. The molecule has 0 saturated heterocycles. The van der Waals surface area contributed by atoms with Gasteiger partial charge in [0.2, 0.25) is 0 Å². The second-order valence-corrected chi connectivity index (χ2v) is 4.17. The van der Waals surface area contributed by atoms with Gasteiger partial charge in [-0.05, 0) is 24.3 Å². The van der Waals surface area contributed by atoms with Crippen LogP contribution in [-0.2, 0) is 0 Å². The normalized spacial score (nSPS) is 10.3. The van der Waals surface area contributed by atoms with E-state index >= 15 is 0 Å². The number of hydrogen-bond acceptors (Lipinski definition) is 6. The van der Waals surface area contributed by atoms with Gasteiger partial charge in [0, 0.05) is 11.8 Å². The molecule has 0 saturated carbocycles. The summed E-state index contributed by atoms with van der Waals surface area (Å²) in [5.74, 6) is 0.149. The molecular formula is C14H11N5O2. The van der Waals surface area contributed by atoms with E-state index in [0.29, 0.717) is 11.1 Å². The van der Waals surface area contributed by atoms with E-state index in [9.17, 15) is 4.79 Å². The molecule has 3 aromatic rings. The highest BCUT2D eigenvalue weighted by atomic mass is 16.4. The fraction of sp³-hybridized carbons (Fsp3) is 0. The van der Waals surface area contributed by atoms with Crippen LogP contribution in [0, 0.1) is 0 Å². The number of nitrogens with one attached hydrogen (secondary N) is 1. The Labute approximate surface area is 119 Å². The monoisotopic (exact) mass is 281 g/mol. The van der Waals surface area contributed by atoms with Crippen molar-refractivity contribution >= 4 is 17.7 Å². The molecule has 0 unspecified atom stereocenters. The maximum atomic E-state index is 12.0. The van der Waals surface area contributed by atoms with E-state index < -0.39 is 0 Å². The fourth-order valence-corrected chi connectivity index (χ4v) is 1.74. The molecule has 21 heavy (non-hydrogen) atoms. The first kappa shape index (κ1) is 12.8. The van der Waals surface area contributed by atoms with Gasteiger partial charge in [-0.25, -0.2) is 4.98 Å². The van der Waals surface area contributed by atoms with Gasteiger partial charge >= 0.3 is 6.01 Å². The average Bonchev–Trinajstić information content (AvgIpc) is 2.97. The average molecular weight is 281 g/mol. The lowest BCUT2D eigenvalue weighted by atomic mass is 10.2. The molecule has 2 aromatic heterocycles. The molecule has 104 valence electrons. The number of anilines is 2. The van der Waals surface area contributed by atoms with Crippen molar-refractivity contribution in [3.05, 3.63) is 54.2 Å². The van der Waals surface area contributed by atoms with Crippen molar-refractivity contribution in [3.63, 3.8) is 0 Å². The molecule has 3 rings (SSSR count). The molecule has 0 aliphatic heterocycles. The molecule has 7 nitrogen and oxygen atoms in total. The summed E-state index contributed by atoms with van der Waals surface area (Å²) >= 11 is 0. The predicted octanol–water partition coefficient (Wildman–Crippen LogP) is 1.97. The minimum absolute atomic E-state index is 0.00195. The summed E-state index contributed by atoms with van der Waals surface area (Å²) in [6.07, 6.45) is 1.56. The molecule has 0 aliphatic carbocycles. The van der Waals surface area contributed by atoms with Gasteiger partial charge in [-0.1, -0.05) is 23.3 Å². The summed E-state index contributed by atoms with van der Waals surface area (Å²) in [6.45, 7) is 0. The molecule has 2 heterocycles. The first-order valence-corrected chi connectivity index (χ1v) is 6.15. The van der Waals surface area contributed by atoms with Crippen molar-refractivity contribution in [2.45, 2.75) is 0 Å². The predicted molar refractivity (Wildman–Crippen MR) is 76.3 cm³/mol. The highest BCUT2D eigenvalue weighted by Crippen LogP contribution is 2.23.